The van der Waals surface area contributed by atoms with Crippen molar-refractivity contribution in [2.24, 2.45) is 11.8 Å². The number of amides is 1. The lowest BCUT2D eigenvalue weighted by atomic mass is 10.2. The van der Waals surface area contributed by atoms with Crippen molar-refractivity contribution in [1.82, 2.24) is 15.0 Å². The van der Waals surface area contributed by atoms with Gasteiger partial charge in [0.25, 0.3) is 0 Å². The van der Waals surface area contributed by atoms with Gasteiger partial charge in [0.15, 0.2) is 5.82 Å². The average molecular weight is 209 g/mol. The summed E-state index contributed by atoms with van der Waals surface area (Å²) in [5, 5.41) is 12.7. The fourth-order valence-corrected chi connectivity index (χ4v) is 2.52. The zero-order valence-electron chi connectivity index (χ0n) is 8.25. The van der Waals surface area contributed by atoms with Crippen molar-refractivity contribution in [3.63, 3.8) is 0 Å². The van der Waals surface area contributed by atoms with Gasteiger partial charge in [-0.2, -0.15) is 4.98 Å². The molecule has 0 spiro atoms. The highest BCUT2D eigenvalue weighted by Crippen LogP contribution is 2.57. The molecule has 0 bridgehead atoms. The van der Waals surface area contributed by atoms with E-state index in [1.54, 1.807) is 6.92 Å². The molecule has 1 aliphatic heterocycles. The smallest absolute Gasteiger partial charge is 0.407 e. The molecule has 3 rings (SSSR count). The van der Waals surface area contributed by atoms with Crippen LogP contribution in [0.15, 0.2) is 4.52 Å². The number of hydrogen-bond donors (Lipinski definition) is 1. The number of carboxylic acid groups (broad SMARTS) is 1. The van der Waals surface area contributed by atoms with E-state index in [-0.39, 0.29) is 0 Å². The second-order valence-electron chi connectivity index (χ2n) is 4.21. The molecule has 1 amide bonds. The summed E-state index contributed by atoms with van der Waals surface area (Å²) in [4.78, 5) is 16.3. The standard InChI is InChI=1S/C9H11N3O3/c1-4-10-8(11-15-4)7-5-2-12(9(13)14)3-6(5)7/h5-7H,2-3H2,1H3,(H,13,14)/t5-,6+,7+. The zero-order chi connectivity index (χ0) is 10.6. The summed E-state index contributed by atoms with van der Waals surface area (Å²) < 4.78 is 4.91. The Morgan fingerprint density at radius 3 is 2.67 bits per heavy atom. The molecule has 3 atom stereocenters. The zero-order valence-corrected chi connectivity index (χ0v) is 8.25. The summed E-state index contributed by atoms with van der Waals surface area (Å²) in [5.41, 5.74) is 0. The van der Waals surface area contributed by atoms with Crippen LogP contribution in [-0.2, 0) is 0 Å². The maximum absolute atomic E-state index is 10.7. The lowest BCUT2D eigenvalue weighted by Crippen LogP contribution is -2.29. The second kappa shape index (κ2) is 2.71. The van der Waals surface area contributed by atoms with E-state index in [0.29, 0.717) is 36.7 Å². The SMILES string of the molecule is Cc1nc([C@H]2[C@@H]3CN(C(=O)O)C[C@@H]32)no1. The van der Waals surface area contributed by atoms with Crippen LogP contribution >= 0.6 is 0 Å². The van der Waals surface area contributed by atoms with E-state index in [9.17, 15) is 4.79 Å². The molecule has 2 heterocycles. The third kappa shape index (κ3) is 1.20. The van der Waals surface area contributed by atoms with Gasteiger partial charge in [-0.25, -0.2) is 4.79 Å². The minimum absolute atomic E-state index is 0.318. The molecule has 1 N–H and O–H groups in total. The van der Waals surface area contributed by atoms with E-state index in [1.807, 2.05) is 0 Å². The van der Waals surface area contributed by atoms with Crippen molar-refractivity contribution >= 4 is 6.09 Å². The predicted octanol–water partition coefficient (Wildman–Crippen LogP) is 0.701. The Hall–Kier alpha value is -1.59. The lowest BCUT2D eigenvalue weighted by molar-refractivity contribution is 0.149. The first kappa shape index (κ1) is 8.70. The van der Waals surface area contributed by atoms with Crippen LogP contribution < -0.4 is 0 Å². The fraction of sp³-hybridized carbons (Fsp3) is 0.667. The summed E-state index contributed by atoms with van der Waals surface area (Å²) >= 11 is 0. The molecule has 1 aromatic heterocycles. The Morgan fingerprint density at radius 2 is 2.20 bits per heavy atom. The first-order valence-electron chi connectivity index (χ1n) is 4.95. The third-order valence-electron chi connectivity index (χ3n) is 3.31. The monoisotopic (exact) mass is 209 g/mol. The Kier molecular flexibility index (Phi) is 1.57. The molecule has 0 aromatic carbocycles. The van der Waals surface area contributed by atoms with Crippen molar-refractivity contribution in [2.75, 3.05) is 13.1 Å². The summed E-state index contributed by atoms with van der Waals surface area (Å²) in [6, 6.07) is 0. The highest BCUT2D eigenvalue weighted by atomic mass is 16.5. The van der Waals surface area contributed by atoms with Crippen LogP contribution in [-0.4, -0.2) is 39.3 Å². The van der Waals surface area contributed by atoms with Crippen LogP contribution in [0.5, 0.6) is 0 Å². The van der Waals surface area contributed by atoms with Crippen molar-refractivity contribution in [3.05, 3.63) is 11.7 Å². The molecule has 0 unspecified atom stereocenters. The first-order chi connectivity index (χ1) is 7.16. The topological polar surface area (TPSA) is 79.5 Å². The maximum Gasteiger partial charge on any atom is 0.407 e. The number of piperidine rings is 1. The predicted molar refractivity (Wildman–Crippen MR) is 48.4 cm³/mol. The minimum Gasteiger partial charge on any atom is -0.465 e. The number of aryl methyl sites for hydroxylation is 1. The van der Waals surface area contributed by atoms with Crippen LogP contribution in [0.2, 0.25) is 0 Å². The average Bonchev–Trinajstić information content (AvgIpc) is 2.62. The van der Waals surface area contributed by atoms with Gasteiger partial charge in [0, 0.05) is 25.9 Å². The van der Waals surface area contributed by atoms with Crippen molar-refractivity contribution in [3.8, 4) is 0 Å². The Labute approximate surface area is 85.9 Å². The summed E-state index contributed by atoms with van der Waals surface area (Å²) in [7, 11) is 0. The van der Waals surface area contributed by atoms with Crippen molar-refractivity contribution < 1.29 is 14.4 Å². The maximum atomic E-state index is 10.7. The Balaban J connectivity index is 1.70. The normalized spacial score (nSPS) is 32.9. The first-order valence-corrected chi connectivity index (χ1v) is 4.95. The fourth-order valence-electron chi connectivity index (χ4n) is 2.52. The van der Waals surface area contributed by atoms with Crippen LogP contribution in [0.25, 0.3) is 0 Å². The number of hydrogen-bond acceptors (Lipinski definition) is 4. The van der Waals surface area contributed by atoms with Gasteiger partial charge in [0.1, 0.15) is 0 Å². The molecule has 6 nitrogen and oxygen atoms in total. The number of fused-ring (bicyclic) bond motifs is 1. The minimum atomic E-state index is -0.828. The molecule has 1 saturated carbocycles. The number of aromatic nitrogens is 2. The molecular formula is C9H11N3O3. The Bertz CT molecular complexity index is 404. The van der Waals surface area contributed by atoms with Crippen LogP contribution in [0, 0.1) is 18.8 Å². The van der Waals surface area contributed by atoms with Gasteiger partial charge >= 0.3 is 6.09 Å². The molecule has 2 aliphatic rings. The Morgan fingerprint density at radius 1 is 1.53 bits per heavy atom. The van der Waals surface area contributed by atoms with Crippen molar-refractivity contribution in [2.45, 2.75) is 12.8 Å². The molecule has 15 heavy (non-hydrogen) atoms. The van der Waals surface area contributed by atoms with Gasteiger partial charge in [-0.1, -0.05) is 5.16 Å². The number of rotatable bonds is 1. The van der Waals surface area contributed by atoms with E-state index >= 15 is 0 Å². The highest BCUT2D eigenvalue weighted by Gasteiger charge is 2.59. The second-order valence-corrected chi connectivity index (χ2v) is 4.21. The van der Waals surface area contributed by atoms with E-state index in [1.165, 1.54) is 4.90 Å². The molecule has 0 radical (unpaired) electrons. The van der Waals surface area contributed by atoms with Gasteiger partial charge in [0.05, 0.1) is 0 Å². The number of nitrogens with zero attached hydrogens (tertiary/aromatic N) is 3. The van der Waals surface area contributed by atoms with Gasteiger partial charge in [0.2, 0.25) is 5.89 Å². The summed E-state index contributed by atoms with van der Waals surface area (Å²) in [5.74, 6) is 2.44. The van der Waals surface area contributed by atoms with E-state index in [4.69, 9.17) is 9.63 Å². The van der Waals surface area contributed by atoms with Gasteiger partial charge in [-0.05, 0) is 11.8 Å². The largest absolute Gasteiger partial charge is 0.465 e. The molecule has 1 aromatic rings. The van der Waals surface area contributed by atoms with Crippen LogP contribution in [0.3, 0.4) is 0 Å². The molecule has 80 valence electrons. The van der Waals surface area contributed by atoms with Crippen molar-refractivity contribution in [1.29, 1.82) is 0 Å². The van der Waals surface area contributed by atoms with E-state index in [0.717, 1.165) is 5.82 Å². The van der Waals surface area contributed by atoms with Gasteiger partial charge < -0.3 is 14.5 Å². The van der Waals surface area contributed by atoms with E-state index in [2.05, 4.69) is 10.1 Å². The number of carbonyl (C=O) groups is 1. The molecule has 6 heteroatoms. The highest BCUT2D eigenvalue weighted by molar-refractivity contribution is 5.66. The molecule has 1 saturated heterocycles. The third-order valence-corrected chi connectivity index (χ3v) is 3.31. The molecule has 2 fully saturated rings. The van der Waals surface area contributed by atoms with Crippen LogP contribution in [0.4, 0.5) is 4.79 Å². The lowest BCUT2D eigenvalue weighted by Gasteiger charge is -2.14. The summed E-state index contributed by atoms with van der Waals surface area (Å²) in [6.07, 6.45) is -0.828. The van der Waals surface area contributed by atoms with Crippen LogP contribution in [0.1, 0.15) is 17.6 Å². The van der Waals surface area contributed by atoms with Gasteiger partial charge in [-0.3, -0.25) is 0 Å². The molecular weight excluding hydrogens is 198 g/mol. The van der Waals surface area contributed by atoms with E-state index < -0.39 is 6.09 Å². The molecule has 1 aliphatic carbocycles. The quantitative estimate of drug-likeness (QED) is 0.736. The van der Waals surface area contributed by atoms with Gasteiger partial charge in [-0.15, -0.1) is 0 Å². The number of likely N-dealkylation sites (tertiary alicyclic amines) is 1. The summed E-state index contributed by atoms with van der Waals surface area (Å²) in [6.45, 7) is 2.98.